The molecule has 0 atom stereocenters. The first-order valence-corrected chi connectivity index (χ1v) is 12.0. The lowest BCUT2D eigenvalue weighted by atomic mass is 10.1. The van der Waals surface area contributed by atoms with Crippen molar-refractivity contribution in [2.45, 2.75) is 37.5 Å². The molecule has 3 rings (SSSR count). The lowest BCUT2D eigenvalue weighted by Gasteiger charge is -2.06. The van der Waals surface area contributed by atoms with Gasteiger partial charge in [-0.1, -0.05) is 36.8 Å². The number of nitrogens with zero attached hydrogens (tertiary/aromatic N) is 1. The first kappa shape index (κ1) is 23.0. The molecule has 31 heavy (non-hydrogen) atoms. The second-order valence-electron chi connectivity index (χ2n) is 7.07. The van der Waals surface area contributed by atoms with Crippen molar-refractivity contribution in [3.8, 4) is 5.75 Å². The number of unbranched alkanes of at least 4 members (excludes halogenated alkanes) is 2. The summed E-state index contributed by atoms with van der Waals surface area (Å²) in [5, 5.41) is 9.23. The van der Waals surface area contributed by atoms with E-state index in [4.69, 9.17) is 9.84 Å². The Morgan fingerprint density at radius 3 is 2.45 bits per heavy atom. The summed E-state index contributed by atoms with van der Waals surface area (Å²) in [5.41, 5.74) is 1.75. The molecule has 0 fully saturated rings. The molecule has 5 nitrogen and oxygen atoms in total. The number of rotatable bonds is 12. The van der Waals surface area contributed by atoms with Gasteiger partial charge >= 0.3 is 5.97 Å². The standard InChI is InChI=1S/C24H25NO4S2/c1-17-22(24(27)28)31-23(25-17)21(26)16-29-19-11-13-20(14-12-19)30-15-7-3-6-10-18-8-4-2-5-9-18/h2,4-5,8-9,11-14H,3,6-7,10,15-16H2,1H3,(H,27,28). The van der Waals surface area contributed by atoms with Gasteiger partial charge in [0.05, 0.1) is 5.69 Å². The maximum atomic E-state index is 12.2. The number of ether oxygens (including phenoxy) is 1. The topological polar surface area (TPSA) is 76.5 Å². The first-order chi connectivity index (χ1) is 15.0. The van der Waals surface area contributed by atoms with E-state index in [0.717, 1.165) is 23.5 Å². The second-order valence-corrected chi connectivity index (χ2v) is 9.23. The third-order valence-corrected chi connectivity index (χ3v) is 6.93. The average molecular weight is 456 g/mol. The van der Waals surface area contributed by atoms with Gasteiger partial charge in [-0.15, -0.1) is 23.1 Å². The quantitative estimate of drug-likeness (QED) is 0.208. The number of Topliss-reactive ketones (excluding diaryl/α,β-unsaturated/α-hetero) is 1. The molecule has 1 N–H and O–H groups in total. The zero-order valence-corrected chi connectivity index (χ0v) is 19.0. The molecular weight excluding hydrogens is 430 g/mol. The van der Waals surface area contributed by atoms with E-state index in [0.29, 0.717) is 11.4 Å². The molecule has 0 aliphatic heterocycles. The maximum absolute atomic E-state index is 12.2. The van der Waals surface area contributed by atoms with Gasteiger partial charge in [-0.3, -0.25) is 4.79 Å². The van der Waals surface area contributed by atoms with Crippen LogP contribution in [0.2, 0.25) is 0 Å². The number of thioether (sulfide) groups is 1. The minimum Gasteiger partial charge on any atom is -0.485 e. The largest absolute Gasteiger partial charge is 0.485 e. The summed E-state index contributed by atoms with van der Waals surface area (Å²) in [4.78, 5) is 28.6. The maximum Gasteiger partial charge on any atom is 0.347 e. The monoisotopic (exact) mass is 455 g/mol. The molecule has 3 aromatic rings. The molecule has 0 unspecified atom stereocenters. The predicted octanol–water partition coefficient (Wildman–Crippen LogP) is 5.92. The Morgan fingerprint density at radius 1 is 1.03 bits per heavy atom. The summed E-state index contributed by atoms with van der Waals surface area (Å²) in [6, 6.07) is 18.3. The van der Waals surface area contributed by atoms with Crippen LogP contribution in [0.15, 0.2) is 59.5 Å². The highest BCUT2D eigenvalue weighted by atomic mass is 32.2. The summed E-state index contributed by atoms with van der Waals surface area (Å²) in [5.74, 6) is 0.282. The summed E-state index contributed by atoms with van der Waals surface area (Å²) in [7, 11) is 0. The summed E-state index contributed by atoms with van der Waals surface area (Å²) in [6.45, 7) is 1.41. The Kier molecular flexibility index (Phi) is 8.67. The number of thiazole rings is 1. The van der Waals surface area contributed by atoms with Crippen molar-refractivity contribution in [2.24, 2.45) is 0 Å². The minimum atomic E-state index is -1.07. The molecule has 7 heteroatoms. The molecule has 1 heterocycles. The Hall–Kier alpha value is -2.64. The van der Waals surface area contributed by atoms with Crippen LogP contribution in [0.4, 0.5) is 0 Å². The third kappa shape index (κ3) is 7.22. The van der Waals surface area contributed by atoms with Crippen LogP contribution in [0.1, 0.15) is 50.0 Å². The van der Waals surface area contributed by atoms with Gasteiger partial charge in [0.25, 0.3) is 0 Å². The highest BCUT2D eigenvalue weighted by Gasteiger charge is 2.19. The number of carbonyl (C=O) groups excluding carboxylic acids is 1. The van der Waals surface area contributed by atoms with E-state index in [1.807, 2.05) is 42.1 Å². The number of ketones is 1. The number of carbonyl (C=O) groups is 2. The molecular formula is C24H25NO4S2. The Bertz CT molecular complexity index is 1000. The number of aromatic nitrogens is 1. The van der Waals surface area contributed by atoms with E-state index >= 15 is 0 Å². The van der Waals surface area contributed by atoms with Crippen molar-refractivity contribution < 1.29 is 19.4 Å². The van der Waals surface area contributed by atoms with Crippen LogP contribution < -0.4 is 4.74 Å². The van der Waals surface area contributed by atoms with Crippen molar-refractivity contribution in [3.05, 3.63) is 75.7 Å². The van der Waals surface area contributed by atoms with Gasteiger partial charge in [-0.25, -0.2) is 9.78 Å². The van der Waals surface area contributed by atoms with Gasteiger partial charge < -0.3 is 9.84 Å². The fourth-order valence-electron chi connectivity index (χ4n) is 3.00. The zero-order valence-electron chi connectivity index (χ0n) is 17.4. The van der Waals surface area contributed by atoms with E-state index in [1.54, 1.807) is 6.92 Å². The number of hydrogen-bond donors (Lipinski definition) is 1. The van der Waals surface area contributed by atoms with Crippen LogP contribution in [0.3, 0.4) is 0 Å². The van der Waals surface area contributed by atoms with Crippen LogP contribution >= 0.6 is 23.1 Å². The molecule has 0 saturated carbocycles. The van der Waals surface area contributed by atoms with E-state index in [2.05, 4.69) is 29.2 Å². The smallest absolute Gasteiger partial charge is 0.347 e. The SMILES string of the molecule is Cc1nc(C(=O)COc2ccc(SCCCCCc3ccccc3)cc2)sc1C(=O)O. The van der Waals surface area contributed by atoms with Crippen LogP contribution in [-0.2, 0) is 6.42 Å². The Balaban J connectivity index is 1.35. The first-order valence-electron chi connectivity index (χ1n) is 10.2. The highest BCUT2D eigenvalue weighted by Crippen LogP contribution is 2.23. The van der Waals surface area contributed by atoms with Crippen molar-refractivity contribution in [1.29, 1.82) is 0 Å². The number of carboxylic acid groups (broad SMARTS) is 1. The van der Waals surface area contributed by atoms with E-state index < -0.39 is 5.97 Å². The molecule has 0 bridgehead atoms. The fraction of sp³-hybridized carbons (Fsp3) is 0.292. The zero-order chi connectivity index (χ0) is 22.1. The predicted molar refractivity (Wildman–Crippen MR) is 125 cm³/mol. The fourth-order valence-corrected chi connectivity index (χ4v) is 4.74. The molecule has 0 saturated heterocycles. The minimum absolute atomic E-state index is 0.0878. The van der Waals surface area contributed by atoms with Gasteiger partial charge in [-0.2, -0.15) is 0 Å². The van der Waals surface area contributed by atoms with Gasteiger partial charge in [0, 0.05) is 4.90 Å². The lowest BCUT2D eigenvalue weighted by molar-refractivity contribution is 0.0701. The van der Waals surface area contributed by atoms with E-state index in [1.165, 1.54) is 29.7 Å². The Labute approximate surface area is 190 Å². The Morgan fingerprint density at radius 2 is 1.77 bits per heavy atom. The summed E-state index contributed by atoms with van der Waals surface area (Å²) < 4.78 is 5.55. The van der Waals surface area contributed by atoms with Gasteiger partial charge in [-0.05, 0) is 61.8 Å². The van der Waals surface area contributed by atoms with Crippen molar-refractivity contribution in [2.75, 3.05) is 12.4 Å². The molecule has 162 valence electrons. The molecule has 0 spiro atoms. The number of aryl methyl sites for hydroxylation is 2. The lowest BCUT2D eigenvalue weighted by Crippen LogP contribution is -2.11. The molecule has 2 aromatic carbocycles. The molecule has 1 aromatic heterocycles. The van der Waals surface area contributed by atoms with Crippen LogP contribution in [0, 0.1) is 6.92 Å². The van der Waals surface area contributed by atoms with Crippen molar-refractivity contribution >= 4 is 34.9 Å². The van der Waals surface area contributed by atoms with Crippen LogP contribution in [0.25, 0.3) is 0 Å². The average Bonchev–Trinajstić information content (AvgIpc) is 3.18. The molecule has 0 aliphatic rings. The second kappa shape index (κ2) is 11.7. The number of aromatic carboxylic acids is 1. The number of carboxylic acids is 1. The molecule has 0 amide bonds. The highest BCUT2D eigenvalue weighted by molar-refractivity contribution is 7.99. The third-order valence-electron chi connectivity index (χ3n) is 4.64. The van der Waals surface area contributed by atoms with Gasteiger partial charge in [0.15, 0.2) is 11.6 Å². The normalized spacial score (nSPS) is 10.7. The van der Waals surface area contributed by atoms with Crippen molar-refractivity contribution in [1.82, 2.24) is 4.98 Å². The summed E-state index contributed by atoms with van der Waals surface area (Å²) >= 11 is 2.70. The van der Waals surface area contributed by atoms with E-state index in [-0.39, 0.29) is 22.3 Å². The summed E-state index contributed by atoms with van der Waals surface area (Å²) in [6.07, 6.45) is 4.73. The molecule has 0 aliphatic carbocycles. The van der Waals surface area contributed by atoms with Crippen molar-refractivity contribution in [3.63, 3.8) is 0 Å². The number of hydrogen-bond acceptors (Lipinski definition) is 6. The van der Waals surface area contributed by atoms with Crippen LogP contribution in [-0.4, -0.2) is 34.2 Å². The van der Waals surface area contributed by atoms with Gasteiger partial charge in [0.1, 0.15) is 10.6 Å². The van der Waals surface area contributed by atoms with E-state index in [9.17, 15) is 9.59 Å². The van der Waals surface area contributed by atoms with Gasteiger partial charge in [0.2, 0.25) is 5.78 Å². The number of benzene rings is 2. The van der Waals surface area contributed by atoms with Crippen LogP contribution in [0.5, 0.6) is 5.75 Å². The molecule has 0 radical (unpaired) electrons.